The molecule has 0 spiro atoms. The van der Waals surface area contributed by atoms with Gasteiger partial charge < -0.3 is 9.64 Å². The van der Waals surface area contributed by atoms with Crippen LogP contribution in [0.1, 0.15) is 45.4 Å². The van der Waals surface area contributed by atoms with Crippen LogP contribution in [-0.2, 0) is 9.53 Å². The van der Waals surface area contributed by atoms with Crippen molar-refractivity contribution in [1.29, 1.82) is 0 Å². The van der Waals surface area contributed by atoms with Crippen LogP contribution in [0.3, 0.4) is 0 Å². The summed E-state index contributed by atoms with van der Waals surface area (Å²) in [5.74, 6) is 0.388. The lowest BCUT2D eigenvalue weighted by Crippen LogP contribution is -2.46. The summed E-state index contributed by atoms with van der Waals surface area (Å²) < 4.78 is 5.73. The molecule has 1 aliphatic carbocycles. The van der Waals surface area contributed by atoms with Crippen LogP contribution in [0, 0.1) is 5.41 Å². The molecule has 1 heterocycles. The molecule has 0 aromatic heterocycles. The number of likely N-dealkylation sites (tertiary alicyclic amines) is 1. The zero-order chi connectivity index (χ0) is 13.0. The largest absolute Gasteiger partial charge is 0.377 e. The highest BCUT2D eigenvalue weighted by atomic mass is 79.9. The molecular formula is C14H24BrNO2. The van der Waals surface area contributed by atoms with Crippen molar-refractivity contribution in [2.24, 2.45) is 5.41 Å². The smallest absolute Gasteiger partial charge is 0.228 e. The quantitative estimate of drug-likeness (QED) is 0.746. The standard InChI is InChI=1S/C14H24BrNO2/c1-14(6-2-3-7-14)13(17)16-9-4-12(5-10-16)18-11-8-15/h12H,2-11H2,1H3. The Labute approximate surface area is 118 Å². The van der Waals surface area contributed by atoms with E-state index in [-0.39, 0.29) is 5.41 Å². The highest BCUT2D eigenvalue weighted by molar-refractivity contribution is 9.09. The first-order valence-electron chi connectivity index (χ1n) is 7.13. The summed E-state index contributed by atoms with van der Waals surface area (Å²) in [4.78, 5) is 14.6. The Kier molecular flexibility index (Phi) is 5.07. The maximum absolute atomic E-state index is 12.5. The van der Waals surface area contributed by atoms with E-state index in [4.69, 9.17) is 4.74 Å². The molecule has 0 N–H and O–H groups in total. The monoisotopic (exact) mass is 317 g/mol. The summed E-state index contributed by atoms with van der Waals surface area (Å²) in [5.41, 5.74) is -0.0659. The van der Waals surface area contributed by atoms with Crippen molar-refractivity contribution in [3.05, 3.63) is 0 Å². The minimum Gasteiger partial charge on any atom is -0.377 e. The minimum atomic E-state index is -0.0659. The Morgan fingerprint density at radius 2 is 1.94 bits per heavy atom. The van der Waals surface area contributed by atoms with E-state index < -0.39 is 0 Å². The molecule has 0 unspecified atom stereocenters. The summed E-state index contributed by atoms with van der Waals surface area (Å²) in [6.45, 7) is 4.68. The van der Waals surface area contributed by atoms with Crippen molar-refractivity contribution in [2.75, 3.05) is 25.0 Å². The van der Waals surface area contributed by atoms with Crippen molar-refractivity contribution in [3.63, 3.8) is 0 Å². The molecule has 0 atom stereocenters. The second-order valence-corrected chi connectivity index (χ2v) is 6.61. The Hall–Kier alpha value is -0.0900. The molecule has 0 aromatic rings. The lowest BCUT2D eigenvalue weighted by molar-refractivity contribution is -0.143. The number of rotatable bonds is 4. The van der Waals surface area contributed by atoms with Crippen LogP contribution in [0.15, 0.2) is 0 Å². The number of hydrogen-bond acceptors (Lipinski definition) is 2. The van der Waals surface area contributed by atoms with Crippen LogP contribution in [0.2, 0.25) is 0 Å². The number of halogens is 1. The molecule has 4 heteroatoms. The fourth-order valence-electron chi connectivity index (χ4n) is 3.19. The molecule has 104 valence electrons. The molecule has 0 bridgehead atoms. The van der Waals surface area contributed by atoms with Crippen LogP contribution in [0.4, 0.5) is 0 Å². The average molecular weight is 318 g/mol. The lowest BCUT2D eigenvalue weighted by atomic mass is 9.86. The van der Waals surface area contributed by atoms with Gasteiger partial charge in [-0.25, -0.2) is 0 Å². The van der Waals surface area contributed by atoms with Gasteiger partial charge in [0.2, 0.25) is 5.91 Å². The molecule has 1 saturated carbocycles. The normalized spacial score (nSPS) is 24.4. The molecule has 18 heavy (non-hydrogen) atoms. The summed E-state index contributed by atoms with van der Waals surface area (Å²) in [7, 11) is 0. The van der Waals surface area contributed by atoms with Gasteiger partial charge in [0.25, 0.3) is 0 Å². The topological polar surface area (TPSA) is 29.5 Å². The van der Waals surface area contributed by atoms with Crippen LogP contribution in [0.5, 0.6) is 0 Å². The predicted molar refractivity (Wildman–Crippen MR) is 75.9 cm³/mol. The fourth-order valence-corrected chi connectivity index (χ4v) is 3.37. The van der Waals surface area contributed by atoms with Crippen LogP contribution in [-0.4, -0.2) is 41.9 Å². The zero-order valence-electron chi connectivity index (χ0n) is 11.3. The summed E-state index contributed by atoms with van der Waals surface area (Å²) in [6.07, 6.45) is 6.92. The number of hydrogen-bond donors (Lipinski definition) is 0. The Balaban J connectivity index is 1.80. The fraction of sp³-hybridized carbons (Fsp3) is 0.929. The van der Waals surface area contributed by atoms with Gasteiger partial charge in [-0.2, -0.15) is 0 Å². The Bertz CT molecular complexity index is 282. The predicted octanol–water partition coefficient (Wildman–Crippen LogP) is 2.97. The van der Waals surface area contributed by atoms with Gasteiger partial charge in [-0.1, -0.05) is 35.7 Å². The van der Waals surface area contributed by atoms with Gasteiger partial charge in [0.1, 0.15) is 0 Å². The Morgan fingerprint density at radius 3 is 2.50 bits per heavy atom. The van der Waals surface area contributed by atoms with Crippen molar-refractivity contribution < 1.29 is 9.53 Å². The third-order valence-electron chi connectivity index (χ3n) is 4.38. The van der Waals surface area contributed by atoms with Gasteiger partial charge in [0, 0.05) is 23.8 Å². The molecule has 2 rings (SSSR count). The van der Waals surface area contributed by atoms with Gasteiger partial charge in [0.15, 0.2) is 0 Å². The average Bonchev–Trinajstić information content (AvgIpc) is 2.84. The summed E-state index contributed by atoms with van der Waals surface area (Å²) >= 11 is 3.37. The second kappa shape index (κ2) is 6.38. The molecule has 1 amide bonds. The first kappa shape index (κ1) is 14.3. The van der Waals surface area contributed by atoms with E-state index in [1.54, 1.807) is 0 Å². The van der Waals surface area contributed by atoms with Crippen molar-refractivity contribution in [3.8, 4) is 0 Å². The molecular weight excluding hydrogens is 294 g/mol. The van der Waals surface area contributed by atoms with Gasteiger partial charge in [0.05, 0.1) is 12.7 Å². The van der Waals surface area contributed by atoms with Gasteiger partial charge in [-0.05, 0) is 25.7 Å². The van der Waals surface area contributed by atoms with E-state index in [1.165, 1.54) is 12.8 Å². The van der Waals surface area contributed by atoms with E-state index in [2.05, 4.69) is 27.8 Å². The first-order valence-corrected chi connectivity index (χ1v) is 8.25. The molecule has 0 aromatic carbocycles. The number of amides is 1. The van der Waals surface area contributed by atoms with E-state index in [0.29, 0.717) is 12.0 Å². The number of ether oxygens (including phenoxy) is 1. The van der Waals surface area contributed by atoms with Gasteiger partial charge >= 0.3 is 0 Å². The maximum Gasteiger partial charge on any atom is 0.228 e. The third-order valence-corrected chi connectivity index (χ3v) is 4.71. The van der Waals surface area contributed by atoms with Crippen LogP contribution >= 0.6 is 15.9 Å². The Morgan fingerprint density at radius 1 is 1.33 bits per heavy atom. The number of alkyl halides is 1. The molecule has 3 nitrogen and oxygen atoms in total. The summed E-state index contributed by atoms with van der Waals surface area (Å²) in [6, 6.07) is 0. The highest BCUT2D eigenvalue weighted by Gasteiger charge is 2.39. The second-order valence-electron chi connectivity index (χ2n) is 5.82. The molecule has 2 aliphatic rings. The third kappa shape index (κ3) is 3.27. The van der Waals surface area contributed by atoms with E-state index in [1.807, 2.05) is 0 Å². The van der Waals surface area contributed by atoms with Crippen LogP contribution < -0.4 is 0 Å². The number of nitrogens with zero attached hydrogens (tertiary/aromatic N) is 1. The zero-order valence-corrected chi connectivity index (χ0v) is 12.9. The van der Waals surface area contributed by atoms with E-state index >= 15 is 0 Å². The van der Waals surface area contributed by atoms with Gasteiger partial charge in [-0.15, -0.1) is 0 Å². The maximum atomic E-state index is 12.5. The molecule has 1 aliphatic heterocycles. The van der Waals surface area contributed by atoms with Gasteiger partial charge in [-0.3, -0.25) is 4.79 Å². The molecule has 1 saturated heterocycles. The molecule has 2 fully saturated rings. The minimum absolute atomic E-state index is 0.0659. The lowest BCUT2D eigenvalue weighted by Gasteiger charge is -2.36. The van der Waals surface area contributed by atoms with Crippen LogP contribution in [0.25, 0.3) is 0 Å². The number of piperidine rings is 1. The van der Waals surface area contributed by atoms with Crippen molar-refractivity contribution in [1.82, 2.24) is 4.90 Å². The number of carbonyl (C=O) groups is 1. The SMILES string of the molecule is CC1(C(=O)N2CCC(OCCBr)CC2)CCCC1. The van der Waals surface area contributed by atoms with E-state index in [9.17, 15) is 4.79 Å². The summed E-state index contributed by atoms with van der Waals surface area (Å²) in [5, 5.41) is 0.893. The highest BCUT2D eigenvalue weighted by Crippen LogP contribution is 2.39. The molecule has 0 radical (unpaired) electrons. The first-order chi connectivity index (χ1) is 8.65. The van der Waals surface area contributed by atoms with E-state index in [0.717, 1.165) is 50.7 Å². The van der Waals surface area contributed by atoms with Crippen molar-refractivity contribution in [2.45, 2.75) is 51.6 Å². The number of carbonyl (C=O) groups excluding carboxylic acids is 1. The van der Waals surface area contributed by atoms with Crippen molar-refractivity contribution >= 4 is 21.8 Å².